The molecule has 2 rings (SSSR count). The van der Waals surface area contributed by atoms with E-state index in [4.69, 9.17) is 0 Å². The van der Waals surface area contributed by atoms with Crippen LogP contribution >= 0.6 is 11.8 Å². The third-order valence-electron chi connectivity index (χ3n) is 2.18. The third-order valence-corrected chi connectivity index (χ3v) is 3.34. The molecule has 0 spiro atoms. The maximum Gasteiger partial charge on any atom is 0.0531 e. The highest BCUT2D eigenvalue weighted by atomic mass is 32.2. The first-order chi connectivity index (χ1) is 6.34. The fourth-order valence-electron chi connectivity index (χ4n) is 1.52. The molecule has 1 fully saturated rings. The van der Waals surface area contributed by atoms with Crippen LogP contribution in [0, 0.1) is 6.92 Å². The highest BCUT2D eigenvalue weighted by Gasteiger charge is 2.14. The predicted octanol–water partition coefficient (Wildman–Crippen LogP) is 2.31. The van der Waals surface area contributed by atoms with Crippen molar-refractivity contribution in [3.63, 3.8) is 0 Å². The zero-order chi connectivity index (χ0) is 9.10. The summed E-state index contributed by atoms with van der Waals surface area (Å²) in [6.07, 6.45) is 5.06. The zero-order valence-electron chi connectivity index (χ0n) is 7.79. The SMILES string of the molecule is Cc1cncc(NC2CCSC2)c1. The van der Waals surface area contributed by atoms with Gasteiger partial charge in [0.1, 0.15) is 0 Å². The van der Waals surface area contributed by atoms with E-state index < -0.39 is 0 Å². The first kappa shape index (κ1) is 8.88. The smallest absolute Gasteiger partial charge is 0.0531 e. The molecule has 1 aromatic heterocycles. The average molecular weight is 194 g/mol. The van der Waals surface area contributed by atoms with Crippen LogP contribution in [0.5, 0.6) is 0 Å². The monoisotopic (exact) mass is 194 g/mol. The molecule has 0 aromatic carbocycles. The number of rotatable bonds is 2. The summed E-state index contributed by atoms with van der Waals surface area (Å²) in [4.78, 5) is 4.16. The molecule has 1 saturated heterocycles. The largest absolute Gasteiger partial charge is 0.380 e. The van der Waals surface area contributed by atoms with E-state index >= 15 is 0 Å². The number of aryl methyl sites for hydroxylation is 1. The van der Waals surface area contributed by atoms with E-state index in [0.717, 1.165) is 5.69 Å². The van der Waals surface area contributed by atoms with Crippen molar-refractivity contribution in [2.45, 2.75) is 19.4 Å². The molecule has 1 aliphatic heterocycles. The summed E-state index contributed by atoms with van der Waals surface area (Å²) in [5, 5.41) is 3.50. The molecule has 2 heterocycles. The molecular weight excluding hydrogens is 180 g/mol. The summed E-state index contributed by atoms with van der Waals surface area (Å²) < 4.78 is 0. The van der Waals surface area contributed by atoms with Crippen LogP contribution < -0.4 is 5.32 Å². The summed E-state index contributed by atoms with van der Waals surface area (Å²) in [7, 11) is 0. The highest BCUT2D eigenvalue weighted by molar-refractivity contribution is 7.99. The molecule has 0 radical (unpaired) electrons. The van der Waals surface area contributed by atoms with Gasteiger partial charge in [0, 0.05) is 24.2 Å². The molecule has 0 bridgehead atoms. The molecule has 0 aliphatic carbocycles. The summed E-state index contributed by atoms with van der Waals surface area (Å²) >= 11 is 2.02. The van der Waals surface area contributed by atoms with Gasteiger partial charge in [-0.3, -0.25) is 4.98 Å². The lowest BCUT2D eigenvalue weighted by atomic mass is 10.2. The first-order valence-electron chi connectivity index (χ1n) is 4.60. The molecule has 0 amide bonds. The van der Waals surface area contributed by atoms with E-state index in [1.807, 2.05) is 24.2 Å². The second-order valence-corrected chi connectivity index (χ2v) is 4.61. The van der Waals surface area contributed by atoms with Gasteiger partial charge < -0.3 is 5.32 Å². The van der Waals surface area contributed by atoms with Crippen molar-refractivity contribution in [2.75, 3.05) is 16.8 Å². The van der Waals surface area contributed by atoms with E-state index in [9.17, 15) is 0 Å². The summed E-state index contributed by atoms with van der Waals surface area (Å²) in [6.45, 7) is 2.07. The molecule has 70 valence electrons. The Bertz CT molecular complexity index is 282. The molecule has 1 N–H and O–H groups in total. The van der Waals surface area contributed by atoms with Crippen LogP contribution in [0.25, 0.3) is 0 Å². The molecule has 1 aliphatic rings. The second-order valence-electron chi connectivity index (χ2n) is 3.46. The summed E-state index contributed by atoms with van der Waals surface area (Å²) in [5.74, 6) is 2.52. The Labute approximate surface area is 83.1 Å². The van der Waals surface area contributed by atoms with Gasteiger partial charge >= 0.3 is 0 Å². The third kappa shape index (κ3) is 2.37. The fraction of sp³-hybridized carbons (Fsp3) is 0.500. The number of hydrogen-bond acceptors (Lipinski definition) is 3. The molecule has 13 heavy (non-hydrogen) atoms. The van der Waals surface area contributed by atoms with Crippen LogP contribution in [0.3, 0.4) is 0 Å². The van der Waals surface area contributed by atoms with Crippen molar-refractivity contribution in [3.8, 4) is 0 Å². The Morgan fingerprint density at radius 2 is 2.46 bits per heavy atom. The topological polar surface area (TPSA) is 24.9 Å². The lowest BCUT2D eigenvalue weighted by molar-refractivity contribution is 0.812. The highest BCUT2D eigenvalue weighted by Crippen LogP contribution is 2.21. The van der Waals surface area contributed by atoms with Gasteiger partial charge in [0.2, 0.25) is 0 Å². The van der Waals surface area contributed by atoms with E-state index in [1.54, 1.807) is 0 Å². The number of hydrogen-bond donors (Lipinski definition) is 1. The van der Waals surface area contributed by atoms with Gasteiger partial charge in [0.15, 0.2) is 0 Å². The van der Waals surface area contributed by atoms with Crippen LogP contribution in [0.4, 0.5) is 5.69 Å². The average Bonchev–Trinajstić information content (AvgIpc) is 2.57. The lowest BCUT2D eigenvalue weighted by Crippen LogP contribution is -2.18. The Kier molecular flexibility index (Phi) is 2.74. The second kappa shape index (κ2) is 4.01. The number of nitrogens with one attached hydrogen (secondary N) is 1. The maximum absolute atomic E-state index is 4.16. The molecule has 1 unspecified atom stereocenters. The van der Waals surface area contributed by atoms with Gasteiger partial charge in [0.25, 0.3) is 0 Å². The van der Waals surface area contributed by atoms with Crippen LogP contribution in [0.2, 0.25) is 0 Å². The summed E-state index contributed by atoms with van der Waals surface area (Å²) in [6, 6.07) is 2.80. The van der Waals surface area contributed by atoms with Crippen LogP contribution in [-0.4, -0.2) is 22.5 Å². The van der Waals surface area contributed by atoms with Crippen molar-refractivity contribution in [1.82, 2.24) is 4.98 Å². The number of anilines is 1. The van der Waals surface area contributed by atoms with Gasteiger partial charge in [-0.2, -0.15) is 11.8 Å². The molecule has 0 saturated carbocycles. The predicted molar refractivity (Wildman–Crippen MR) is 58.3 cm³/mol. The van der Waals surface area contributed by atoms with Crippen LogP contribution in [-0.2, 0) is 0 Å². The Morgan fingerprint density at radius 1 is 1.54 bits per heavy atom. The normalized spacial score (nSPS) is 21.8. The summed E-state index contributed by atoms with van der Waals surface area (Å²) in [5.41, 5.74) is 2.38. The van der Waals surface area contributed by atoms with Crippen molar-refractivity contribution in [2.24, 2.45) is 0 Å². The quantitative estimate of drug-likeness (QED) is 0.782. The maximum atomic E-state index is 4.16. The number of pyridine rings is 1. The fourth-order valence-corrected chi connectivity index (χ4v) is 2.67. The van der Waals surface area contributed by atoms with E-state index in [1.165, 1.54) is 23.5 Å². The Morgan fingerprint density at radius 3 is 3.15 bits per heavy atom. The van der Waals surface area contributed by atoms with Crippen LogP contribution in [0.15, 0.2) is 18.5 Å². The van der Waals surface area contributed by atoms with Crippen LogP contribution in [0.1, 0.15) is 12.0 Å². The van der Waals surface area contributed by atoms with Gasteiger partial charge in [-0.05, 0) is 30.7 Å². The van der Waals surface area contributed by atoms with Gasteiger partial charge in [-0.15, -0.1) is 0 Å². The van der Waals surface area contributed by atoms with E-state index in [2.05, 4.69) is 23.3 Å². The number of nitrogens with zero attached hydrogens (tertiary/aromatic N) is 1. The molecule has 3 heteroatoms. The van der Waals surface area contributed by atoms with Gasteiger partial charge in [-0.25, -0.2) is 0 Å². The Balaban J connectivity index is 2.00. The number of aromatic nitrogens is 1. The molecule has 1 aromatic rings. The number of thioether (sulfide) groups is 1. The molecule has 2 nitrogen and oxygen atoms in total. The standard InChI is InChI=1S/C10H14N2S/c1-8-4-10(6-11-5-8)12-9-2-3-13-7-9/h4-6,9,12H,2-3,7H2,1H3. The minimum Gasteiger partial charge on any atom is -0.380 e. The molecule has 1 atom stereocenters. The lowest BCUT2D eigenvalue weighted by Gasteiger charge is -2.12. The van der Waals surface area contributed by atoms with E-state index in [-0.39, 0.29) is 0 Å². The zero-order valence-corrected chi connectivity index (χ0v) is 8.60. The minimum absolute atomic E-state index is 0.647. The molecular formula is C10H14N2S. The van der Waals surface area contributed by atoms with E-state index in [0.29, 0.717) is 6.04 Å². The Hall–Kier alpha value is -0.700. The minimum atomic E-state index is 0.647. The van der Waals surface area contributed by atoms with Crippen molar-refractivity contribution in [3.05, 3.63) is 24.0 Å². The van der Waals surface area contributed by atoms with Gasteiger partial charge in [0.05, 0.1) is 5.69 Å². The first-order valence-corrected chi connectivity index (χ1v) is 5.76. The van der Waals surface area contributed by atoms with Crippen molar-refractivity contribution in [1.29, 1.82) is 0 Å². The van der Waals surface area contributed by atoms with Gasteiger partial charge in [-0.1, -0.05) is 0 Å². The van der Waals surface area contributed by atoms with Crippen molar-refractivity contribution < 1.29 is 0 Å². The van der Waals surface area contributed by atoms with Crippen molar-refractivity contribution >= 4 is 17.4 Å².